The van der Waals surface area contributed by atoms with Gasteiger partial charge >= 0.3 is 0 Å². The van der Waals surface area contributed by atoms with Gasteiger partial charge in [-0.25, -0.2) is 0 Å². The fourth-order valence-corrected chi connectivity index (χ4v) is 1.58. The van der Waals surface area contributed by atoms with Crippen LogP contribution in [0.4, 0.5) is 5.69 Å². The first-order valence-electron chi connectivity index (χ1n) is 5.70. The molecule has 0 atom stereocenters. The molecular weight excluding hydrogens is 228 g/mol. The van der Waals surface area contributed by atoms with Crippen LogP contribution in [0.1, 0.15) is 15.9 Å². The third-order valence-corrected chi connectivity index (χ3v) is 2.63. The van der Waals surface area contributed by atoms with Crippen LogP contribution in [0, 0.1) is 0 Å². The van der Waals surface area contributed by atoms with Crippen molar-refractivity contribution in [2.75, 3.05) is 19.0 Å². The highest BCUT2D eigenvalue weighted by Crippen LogP contribution is 2.13. The number of aromatic nitrogens is 2. The number of H-pyrrole nitrogens is 1. The minimum absolute atomic E-state index is 0.0834. The molecule has 0 radical (unpaired) electrons. The normalized spacial score (nSPS) is 10.1. The summed E-state index contributed by atoms with van der Waals surface area (Å²) in [5.41, 5.74) is 2.61. The van der Waals surface area contributed by atoms with Crippen molar-refractivity contribution < 1.29 is 4.79 Å². The summed E-state index contributed by atoms with van der Waals surface area (Å²) in [4.78, 5) is 13.9. The Hall–Kier alpha value is -2.30. The molecule has 0 saturated heterocycles. The lowest BCUT2D eigenvalue weighted by atomic mass is 10.2. The van der Waals surface area contributed by atoms with Crippen molar-refractivity contribution in [1.29, 1.82) is 0 Å². The Kier molecular flexibility index (Phi) is 3.62. The molecule has 1 aromatic heterocycles. The number of nitrogens with zero attached hydrogens (tertiary/aromatic N) is 2. The van der Waals surface area contributed by atoms with E-state index in [2.05, 4.69) is 15.5 Å². The number of anilines is 1. The number of aromatic amines is 1. The van der Waals surface area contributed by atoms with Gasteiger partial charge in [-0.1, -0.05) is 6.07 Å². The molecule has 0 aliphatic heterocycles. The molecule has 1 heterocycles. The number of carbonyl (C=O) groups excluding carboxylic acids is 1. The van der Waals surface area contributed by atoms with E-state index in [1.807, 2.05) is 37.2 Å². The fourth-order valence-electron chi connectivity index (χ4n) is 1.58. The van der Waals surface area contributed by atoms with Gasteiger partial charge in [0.1, 0.15) is 0 Å². The van der Waals surface area contributed by atoms with Crippen LogP contribution in [0.2, 0.25) is 0 Å². The van der Waals surface area contributed by atoms with Crippen LogP contribution in [-0.2, 0) is 6.54 Å². The van der Waals surface area contributed by atoms with Gasteiger partial charge in [-0.15, -0.1) is 0 Å². The third-order valence-electron chi connectivity index (χ3n) is 2.63. The van der Waals surface area contributed by atoms with E-state index >= 15 is 0 Å². The average Bonchev–Trinajstić information content (AvgIpc) is 2.89. The summed E-state index contributed by atoms with van der Waals surface area (Å²) in [7, 11) is 3.89. The lowest BCUT2D eigenvalue weighted by Crippen LogP contribution is -2.23. The van der Waals surface area contributed by atoms with Gasteiger partial charge in [0, 0.05) is 43.7 Å². The Bertz CT molecular complexity index is 520. The van der Waals surface area contributed by atoms with Gasteiger partial charge in [-0.2, -0.15) is 5.10 Å². The molecule has 2 aromatic rings. The lowest BCUT2D eigenvalue weighted by molar-refractivity contribution is 0.0951. The van der Waals surface area contributed by atoms with Crippen LogP contribution < -0.4 is 10.2 Å². The average molecular weight is 244 g/mol. The maximum absolute atomic E-state index is 12.0. The standard InChI is InChI=1S/C13H16N4O/c1-17(2)12-5-3-4-11(6-12)13(18)14-7-10-8-15-16-9-10/h3-6,8-9H,7H2,1-2H3,(H,14,18)(H,15,16). The zero-order chi connectivity index (χ0) is 13.0. The number of hydrogen-bond donors (Lipinski definition) is 2. The molecule has 0 unspecified atom stereocenters. The summed E-state index contributed by atoms with van der Waals surface area (Å²) in [5.74, 6) is -0.0834. The zero-order valence-electron chi connectivity index (χ0n) is 10.5. The molecule has 1 aromatic carbocycles. The highest BCUT2D eigenvalue weighted by molar-refractivity contribution is 5.95. The summed E-state index contributed by atoms with van der Waals surface area (Å²) in [6, 6.07) is 7.51. The fraction of sp³-hybridized carbons (Fsp3) is 0.231. The predicted octanol–water partition coefficient (Wildman–Crippen LogP) is 1.41. The molecule has 0 aliphatic carbocycles. The molecule has 18 heavy (non-hydrogen) atoms. The molecule has 2 rings (SSSR count). The first-order chi connectivity index (χ1) is 8.66. The maximum Gasteiger partial charge on any atom is 0.251 e. The minimum atomic E-state index is -0.0834. The van der Waals surface area contributed by atoms with E-state index in [1.165, 1.54) is 0 Å². The second-order valence-corrected chi connectivity index (χ2v) is 4.23. The molecule has 94 valence electrons. The number of hydrogen-bond acceptors (Lipinski definition) is 3. The monoisotopic (exact) mass is 244 g/mol. The van der Waals surface area contributed by atoms with Crippen molar-refractivity contribution in [2.24, 2.45) is 0 Å². The van der Waals surface area contributed by atoms with E-state index < -0.39 is 0 Å². The minimum Gasteiger partial charge on any atom is -0.378 e. The number of benzene rings is 1. The van der Waals surface area contributed by atoms with Crippen LogP contribution >= 0.6 is 0 Å². The van der Waals surface area contributed by atoms with Gasteiger partial charge in [0.2, 0.25) is 0 Å². The Labute approximate surface area is 106 Å². The Balaban J connectivity index is 2.02. The highest BCUT2D eigenvalue weighted by Gasteiger charge is 2.06. The summed E-state index contributed by atoms with van der Waals surface area (Å²) >= 11 is 0. The van der Waals surface area contributed by atoms with Crippen molar-refractivity contribution in [2.45, 2.75) is 6.54 Å². The van der Waals surface area contributed by atoms with Crippen molar-refractivity contribution in [3.63, 3.8) is 0 Å². The number of amides is 1. The van der Waals surface area contributed by atoms with Crippen LogP contribution in [0.15, 0.2) is 36.7 Å². The molecule has 0 bridgehead atoms. The summed E-state index contributed by atoms with van der Waals surface area (Å²) in [6.45, 7) is 0.474. The topological polar surface area (TPSA) is 61.0 Å². The van der Waals surface area contributed by atoms with E-state index in [1.54, 1.807) is 18.5 Å². The van der Waals surface area contributed by atoms with Gasteiger partial charge in [0.25, 0.3) is 5.91 Å². The first kappa shape index (κ1) is 12.2. The molecular formula is C13H16N4O. The lowest BCUT2D eigenvalue weighted by Gasteiger charge is -2.13. The molecule has 5 nitrogen and oxygen atoms in total. The summed E-state index contributed by atoms with van der Waals surface area (Å²) in [5, 5.41) is 9.39. The number of rotatable bonds is 4. The van der Waals surface area contributed by atoms with Crippen molar-refractivity contribution in [3.05, 3.63) is 47.8 Å². The zero-order valence-corrected chi connectivity index (χ0v) is 10.5. The second kappa shape index (κ2) is 5.35. The molecule has 1 amide bonds. The van der Waals surface area contributed by atoms with Crippen molar-refractivity contribution in [3.8, 4) is 0 Å². The van der Waals surface area contributed by atoms with Crippen LogP contribution in [-0.4, -0.2) is 30.2 Å². The van der Waals surface area contributed by atoms with E-state index in [-0.39, 0.29) is 5.91 Å². The van der Waals surface area contributed by atoms with Gasteiger partial charge in [0.05, 0.1) is 6.20 Å². The summed E-state index contributed by atoms with van der Waals surface area (Å²) < 4.78 is 0. The molecule has 0 saturated carbocycles. The van der Waals surface area contributed by atoms with Crippen molar-refractivity contribution >= 4 is 11.6 Å². The maximum atomic E-state index is 12.0. The largest absolute Gasteiger partial charge is 0.378 e. The molecule has 0 fully saturated rings. The van der Waals surface area contributed by atoms with Crippen LogP contribution in [0.25, 0.3) is 0 Å². The summed E-state index contributed by atoms with van der Waals surface area (Å²) in [6.07, 6.45) is 3.45. The highest BCUT2D eigenvalue weighted by atomic mass is 16.1. The van der Waals surface area contributed by atoms with Gasteiger partial charge in [-0.05, 0) is 18.2 Å². The second-order valence-electron chi connectivity index (χ2n) is 4.23. The van der Waals surface area contributed by atoms with Gasteiger partial charge < -0.3 is 10.2 Å². The number of carbonyl (C=O) groups is 1. The Morgan fingerprint density at radius 3 is 2.94 bits per heavy atom. The number of nitrogens with one attached hydrogen (secondary N) is 2. The Morgan fingerprint density at radius 1 is 1.44 bits per heavy atom. The third kappa shape index (κ3) is 2.88. The van der Waals surface area contributed by atoms with Gasteiger partial charge in [-0.3, -0.25) is 9.89 Å². The Morgan fingerprint density at radius 2 is 2.28 bits per heavy atom. The van der Waals surface area contributed by atoms with Crippen molar-refractivity contribution in [1.82, 2.24) is 15.5 Å². The molecule has 0 aliphatic rings. The predicted molar refractivity (Wildman–Crippen MR) is 70.5 cm³/mol. The van der Waals surface area contributed by atoms with E-state index in [4.69, 9.17) is 0 Å². The molecule has 5 heteroatoms. The first-order valence-corrected chi connectivity index (χ1v) is 5.70. The van der Waals surface area contributed by atoms with E-state index in [0.717, 1.165) is 11.3 Å². The quantitative estimate of drug-likeness (QED) is 0.854. The van der Waals surface area contributed by atoms with E-state index in [0.29, 0.717) is 12.1 Å². The van der Waals surface area contributed by atoms with Crippen LogP contribution in [0.5, 0.6) is 0 Å². The van der Waals surface area contributed by atoms with Crippen LogP contribution in [0.3, 0.4) is 0 Å². The molecule has 0 spiro atoms. The SMILES string of the molecule is CN(C)c1cccc(C(=O)NCc2cn[nH]c2)c1. The smallest absolute Gasteiger partial charge is 0.251 e. The van der Waals surface area contributed by atoms with E-state index in [9.17, 15) is 4.79 Å². The molecule has 2 N–H and O–H groups in total. The van der Waals surface area contributed by atoms with Gasteiger partial charge in [0.15, 0.2) is 0 Å².